The Hall–Kier alpha value is -1.26. The lowest BCUT2D eigenvalue weighted by atomic mass is 9.99. The molecule has 116 valence electrons. The summed E-state index contributed by atoms with van der Waals surface area (Å²) in [4.78, 5) is 14.2. The van der Waals surface area contributed by atoms with Crippen LogP contribution in [0.4, 0.5) is 11.4 Å². The van der Waals surface area contributed by atoms with E-state index < -0.39 is 6.10 Å². The van der Waals surface area contributed by atoms with Gasteiger partial charge in [-0.1, -0.05) is 19.9 Å². The fraction of sp³-hybridized carbons (Fsp3) is 0.562. The van der Waals surface area contributed by atoms with E-state index in [-0.39, 0.29) is 17.7 Å². The van der Waals surface area contributed by atoms with E-state index in [0.29, 0.717) is 6.54 Å². The van der Waals surface area contributed by atoms with Gasteiger partial charge in [0.1, 0.15) is 0 Å². The van der Waals surface area contributed by atoms with Crippen molar-refractivity contribution >= 4 is 28.9 Å². The van der Waals surface area contributed by atoms with Crippen LogP contribution in [0.3, 0.4) is 0 Å². The highest BCUT2D eigenvalue weighted by molar-refractivity contribution is 6.18. The van der Waals surface area contributed by atoms with Gasteiger partial charge in [0.2, 0.25) is 5.91 Å². The molecule has 0 aliphatic carbocycles. The van der Waals surface area contributed by atoms with Crippen molar-refractivity contribution in [3.8, 4) is 0 Å². The molecule has 1 aromatic carbocycles. The van der Waals surface area contributed by atoms with Gasteiger partial charge in [-0.05, 0) is 30.5 Å². The summed E-state index contributed by atoms with van der Waals surface area (Å²) in [7, 11) is 0. The van der Waals surface area contributed by atoms with Gasteiger partial charge in [-0.15, -0.1) is 11.6 Å². The summed E-state index contributed by atoms with van der Waals surface area (Å²) < 4.78 is 0. The van der Waals surface area contributed by atoms with Crippen LogP contribution in [-0.2, 0) is 11.2 Å². The van der Waals surface area contributed by atoms with Crippen LogP contribution >= 0.6 is 11.6 Å². The fourth-order valence-electron chi connectivity index (χ4n) is 2.52. The van der Waals surface area contributed by atoms with Crippen LogP contribution in [0.2, 0.25) is 0 Å². The zero-order valence-electron chi connectivity index (χ0n) is 12.6. The van der Waals surface area contributed by atoms with Gasteiger partial charge < -0.3 is 15.3 Å². The topological polar surface area (TPSA) is 52.6 Å². The maximum Gasteiger partial charge on any atom is 0.229 e. The fourth-order valence-corrected chi connectivity index (χ4v) is 2.62. The molecule has 1 aliphatic heterocycles. The smallest absolute Gasteiger partial charge is 0.229 e. The molecule has 0 spiro atoms. The zero-order valence-corrected chi connectivity index (χ0v) is 13.4. The maximum absolute atomic E-state index is 12.3. The number of rotatable bonds is 5. The van der Waals surface area contributed by atoms with Crippen LogP contribution < -0.4 is 10.2 Å². The second-order valence-corrected chi connectivity index (χ2v) is 6.09. The summed E-state index contributed by atoms with van der Waals surface area (Å²) >= 11 is 5.59. The first kappa shape index (κ1) is 16.1. The Morgan fingerprint density at radius 1 is 1.48 bits per heavy atom. The van der Waals surface area contributed by atoms with Crippen molar-refractivity contribution in [2.45, 2.75) is 32.8 Å². The monoisotopic (exact) mass is 310 g/mol. The number of benzene rings is 1. The second kappa shape index (κ2) is 7.14. The minimum absolute atomic E-state index is 0.00867. The zero-order chi connectivity index (χ0) is 15.4. The predicted octanol–water partition coefficient (Wildman–Crippen LogP) is 2.63. The molecule has 5 heteroatoms. The minimum Gasteiger partial charge on any atom is -0.390 e. The quantitative estimate of drug-likeness (QED) is 0.822. The standard InChI is InChI=1S/C16H23ClN2O2/c1-11(2)16(21)19-7-3-4-12-5-6-13(8-15(12)19)18-10-14(20)9-17/h5-6,8,11,14,18,20H,3-4,7,9-10H2,1-2H3. The molecule has 0 fully saturated rings. The van der Waals surface area contributed by atoms with E-state index in [1.165, 1.54) is 5.56 Å². The van der Waals surface area contributed by atoms with Gasteiger partial charge in [-0.2, -0.15) is 0 Å². The number of amides is 1. The highest BCUT2D eigenvalue weighted by atomic mass is 35.5. The number of fused-ring (bicyclic) bond motifs is 1. The number of halogens is 1. The molecule has 1 heterocycles. The van der Waals surface area contributed by atoms with E-state index >= 15 is 0 Å². The van der Waals surface area contributed by atoms with E-state index in [0.717, 1.165) is 30.8 Å². The Morgan fingerprint density at radius 3 is 2.90 bits per heavy atom. The van der Waals surface area contributed by atoms with Crippen molar-refractivity contribution in [1.29, 1.82) is 0 Å². The second-order valence-electron chi connectivity index (χ2n) is 5.78. The molecule has 0 saturated heterocycles. The average Bonchev–Trinajstić information content (AvgIpc) is 2.50. The molecule has 1 unspecified atom stereocenters. The van der Waals surface area contributed by atoms with Crippen molar-refractivity contribution in [1.82, 2.24) is 0 Å². The van der Waals surface area contributed by atoms with Crippen LogP contribution in [-0.4, -0.2) is 36.1 Å². The van der Waals surface area contributed by atoms with E-state index in [1.54, 1.807) is 0 Å². The molecule has 0 saturated carbocycles. The Morgan fingerprint density at radius 2 is 2.24 bits per heavy atom. The van der Waals surface area contributed by atoms with Crippen molar-refractivity contribution < 1.29 is 9.90 Å². The summed E-state index contributed by atoms with van der Waals surface area (Å²) in [5.41, 5.74) is 3.10. The molecule has 21 heavy (non-hydrogen) atoms. The number of hydrogen-bond donors (Lipinski definition) is 2. The number of alkyl halides is 1. The molecule has 0 aromatic heterocycles. The summed E-state index contributed by atoms with van der Waals surface area (Å²) in [5, 5.41) is 12.7. The Bertz CT molecular complexity index is 505. The average molecular weight is 311 g/mol. The SMILES string of the molecule is CC(C)C(=O)N1CCCc2ccc(NCC(O)CCl)cc21. The van der Waals surface area contributed by atoms with Crippen molar-refractivity contribution in [3.63, 3.8) is 0 Å². The van der Waals surface area contributed by atoms with Gasteiger partial charge in [0.05, 0.1) is 12.0 Å². The number of nitrogens with zero attached hydrogens (tertiary/aromatic N) is 1. The van der Waals surface area contributed by atoms with Crippen LogP contribution in [0.25, 0.3) is 0 Å². The summed E-state index contributed by atoms with van der Waals surface area (Å²) in [5.74, 6) is 0.357. The Labute approximate surface area is 131 Å². The Balaban J connectivity index is 2.19. The van der Waals surface area contributed by atoms with Crippen molar-refractivity contribution in [3.05, 3.63) is 23.8 Å². The molecule has 2 N–H and O–H groups in total. The lowest BCUT2D eigenvalue weighted by Crippen LogP contribution is -2.38. The number of aliphatic hydroxyl groups excluding tert-OH is 1. The third-order valence-corrected chi connectivity index (χ3v) is 4.04. The summed E-state index contributed by atoms with van der Waals surface area (Å²) in [6.07, 6.45) is 1.43. The number of carbonyl (C=O) groups excluding carboxylic acids is 1. The lowest BCUT2D eigenvalue weighted by Gasteiger charge is -2.31. The van der Waals surface area contributed by atoms with Gasteiger partial charge >= 0.3 is 0 Å². The summed E-state index contributed by atoms with van der Waals surface area (Å²) in [6.45, 7) is 5.03. The first-order valence-electron chi connectivity index (χ1n) is 7.45. The van der Waals surface area contributed by atoms with Gasteiger partial charge in [-0.25, -0.2) is 0 Å². The van der Waals surface area contributed by atoms with Crippen LogP contribution in [0.5, 0.6) is 0 Å². The number of hydrogen-bond acceptors (Lipinski definition) is 3. The molecular weight excluding hydrogens is 288 g/mol. The molecule has 0 bridgehead atoms. The largest absolute Gasteiger partial charge is 0.390 e. The van der Waals surface area contributed by atoms with Crippen molar-refractivity contribution in [2.75, 3.05) is 29.2 Å². The number of aryl methyl sites for hydroxylation is 1. The van der Waals surface area contributed by atoms with Gasteiger partial charge in [0.15, 0.2) is 0 Å². The van der Waals surface area contributed by atoms with E-state index in [4.69, 9.17) is 11.6 Å². The molecule has 1 atom stereocenters. The number of carbonyl (C=O) groups is 1. The first-order valence-corrected chi connectivity index (χ1v) is 7.98. The molecule has 2 rings (SSSR count). The van der Waals surface area contributed by atoms with Gasteiger partial charge in [0.25, 0.3) is 0 Å². The van der Waals surface area contributed by atoms with Crippen LogP contribution in [0, 0.1) is 5.92 Å². The van der Waals surface area contributed by atoms with E-state index in [1.807, 2.05) is 30.9 Å². The van der Waals surface area contributed by atoms with E-state index in [2.05, 4.69) is 11.4 Å². The minimum atomic E-state index is -0.573. The molecule has 1 aliphatic rings. The van der Waals surface area contributed by atoms with Crippen LogP contribution in [0.15, 0.2) is 18.2 Å². The maximum atomic E-state index is 12.3. The van der Waals surface area contributed by atoms with E-state index in [9.17, 15) is 9.90 Å². The molecule has 1 amide bonds. The molecule has 0 radical (unpaired) electrons. The highest BCUT2D eigenvalue weighted by Crippen LogP contribution is 2.31. The molecular formula is C16H23ClN2O2. The molecule has 4 nitrogen and oxygen atoms in total. The molecule has 1 aromatic rings. The summed E-state index contributed by atoms with van der Waals surface area (Å²) in [6, 6.07) is 6.05. The normalized spacial score (nSPS) is 15.8. The first-order chi connectivity index (χ1) is 10.0. The number of anilines is 2. The van der Waals surface area contributed by atoms with Crippen molar-refractivity contribution in [2.24, 2.45) is 5.92 Å². The predicted molar refractivity (Wildman–Crippen MR) is 87.2 cm³/mol. The third-order valence-electron chi connectivity index (χ3n) is 3.68. The third kappa shape index (κ3) is 3.89. The van der Waals surface area contributed by atoms with Gasteiger partial charge in [0, 0.05) is 30.4 Å². The lowest BCUT2D eigenvalue weighted by molar-refractivity contribution is -0.121. The highest BCUT2D eigenvalue weighted by Gasteiger charge is 2.24. The Kier molecular flexibility index (Phi) is 5.48. The van der Waals surface area contributed by atoms with Crippen LogP contribution in [0.1, 0.15) is 25.8 Å². The number of nitrogens with one attached hydrogen (secondary N) is 1. The number of aliphatic hydroxyl groups is 1. The van der Waals surface area contributed by atoms with Gasteiger partial charge in [-0.3, -0.25) is 4.79 Å².